The monoisotopic (exact) mass is 233 g/mol. The maximum absolute atomic E-state index is 9.77. The van der Waals surface area contributed by atoms with Crippen molar-refractivity contribution in [3.8, 4) is 0 Å². The van der Waals surface area contributed by atoms with Crippen LogP contribution in [0.25, 0.3) is 0 Å². The third-order valence-electron chi connectivity index (χ3n) is 3.88. The molecule has 0 unspecified atom stereocenters. The van der Waals surface area contributed by atoms with Gasteiger partial charge in [-0.2, -0.15) is 0 Å². The van der Waals surface area contributed by atoms with E-state index < -0.39 is 0 Å². The summed E-state index contributed by atoms with van der Waals surface area (Å²) < 4.78 is 0. The molecule has 2 heteroatoms. The summed E-state index contributed by atoms with van der Waals surface area (Å²) in [4.78, 5) is 2.47. The number of aliphatic hydroxyl groups is 1. The zero-order valence-electron chi connectivity index (χ0n) is 11.1. The summed E-state index contributed by atoms with van der Waals surface area (Å²) in [5, 5.41) is 9.77. The topological polar surface area (TPSA) is 23.5 Å². The largest absolute Gasteiger partial charge is 0.388 e. The maximum atomic E-state index is 9.77. The van der Waals surface area contributed by atoms with Crippen molar-refractivity contribution in [2.24, 2.45) is 0 Å². The zero-order chi connectivity index (χ0) is 12.5. The number of aliphatic hydroxyl groups excluding tert-OH is 1. The van der Waals surface area contributed by atoms with Gasteiger partial charge in [0.15, 0.2) is 0 Å². The minimum atomic E-state index is -0.323. The Morgan fingerprint density at radius 3 is 2.41 bits per heavy atom. The van der Waals surface area contributed by atoms with Crippen LogP contribution >= 0.6 is 0 Å². The van der Waals surface area contributed by atoms with Crippen molar-refractivity contribution in [1.29, 1.82) is 0 Å². The summed E-state index contributed by atoms with van der Waals surface area (Å²) in [7, 11) is 0. The fraction of sp³-hybridized carbons (Fsp3) is 0.600. The first-order chi connectivity index (χ1) is 8.04. The minimum Gasteiger partial charge on any atom is -0.388 e. The molecule has 94 valence electrons. The summed E-state index contributed by atoms with van der Waals surface area (Å²) in [5.74, 6) is 0. The molecule has 2 nitrogen and oxygen atoms in total. The molecule has 0 aromatic heterocycles. The van der Waals surface area contributed by atoms with Gasteiger partial charge in [0, 0.05) is 17.8 Å². The van der Waals surface area contributed by atoms with Crippen LogP contribution in [0.3, 0.4) is 0 Å². The first-order valence-electron chi connectivity index (χ1n) is 6.60. The molecule has 1 heterocycles. The van der Waals surface area contributed by atoms with E-state index in [1.165, 1.54) is 18.5 Å². The van der Waals surface area contributed by atoms with Gasteiger partial charge in [-0.1, -0.05) is 19.1 Å². The smallest absolute Gasteiger partial charge is 0.0787 e. The number of nitrogens with zero attached hydrogens (tertiary/aromatic N) is 1. The van der Waals surface area contributed by atoms with Gasteiger partial charge in [-0.3, -0.25) is 0 Å². The SMILES string of the molecule is CC[C@@H](O)c1ccc(N2CCCC2(C)C)cc1. The van der Waals surface area contributed by atoms with Crippen LogP contribution in [-0.2, 0) is 0 Å². The van der Waals surface area contributed by atoms with Crippen molar-refractivity contribution < 1.29 is 5.11 Å². The Morgan fingerprint density at radius 2 is 1.94 bits per heavy atom. The molecule has 0 aliphatic carbocycles. The predicted octanol–water partition coefficient (Wildman–Crippen LogP) is 3.51. The van der Waals surface area contributed by atoms with E-state index >= 15 is 0 Å². The molecule has 0 spiro atoms. The van der Waals surface area contributed by atoms with Crippen molar-refractivity contribution in [3.05, 3.63) is 29.8 Å². The number of rotatable bonds is 3. The van der Waals surface area contributed by atoms with Gasteiger partial charge in [0.2, 0.25) is 0 Å². The lowest BCUT2D eigenvalue weighted by molar-refractivity contribution is 0.173. The molecule has 1 atom stereocenters. The highest BCUT2D eigenvalue weighted by Crippen LogP contribution is 2.34. The number of benzene rings is 1. The van der Waals surface area contributed by atoms with Gasteiger partial charge in [-0.15, -0.1) is 0 Å². The molecule has 1 N–H and O–H groups in total. The third-order valence-corrected chi connectivity index (χ3v) is 3.88. The van der Waals surface area contributed by atoms with E-state index in [1.807, 2.05) is 6.92 Å². The van der Waals surface area contributed by atoms with Crippen LogP contribution in [0.15, 0.2) is 24.3 Å². The minimum absolute atomic E-state index is 0.269. The highest BCUT2D eigenvalue weighted by molar-refractivity contribution is 5.51. The van der Waals surface area contributed by atoms with E-state index in [9.17, 15) is 5.11 Å². The fourth-order valence-corrected chi connectivity index (χ4v) is 2.70. The van der Waals surface area contributed by atoms with Crippen molar-refractivity contribution in [1.82, 2.24) is 0 Å². The zero-order valence-corrected chi connectivity index (χ0v) is 11.1. The first kappa shape index (κ1) is 12.4. The van der Waals surface area contributed by atoms with E-state index in [4.69, 9.17) is 0 Å². The maximum Gasteiger partial charge on any atom is 0.0787 e. The van der Waals surface area contributed by atoms with Crippen molar-refractivity contribution in [3.63, 3.8) is 0 Å². The standard InChI is InChI=1S/C15H23NO/c1-4-14(17)12-6-8-13(9-7-12)16-11-5-10-15(16,2)3/h6-9,14,17H,4-5,10-11H2,1-3H3/t14-/m1/s1. The lowest BCUT2D eigenvalue weighted by atomic mass is 10.0. The molecule has 1 fully saturated rings. The molecule has 1 aliphatic rings. The lowest BCUT2D eigenvalue weighted by Gasteiger charge is -2.34. The van der Waals surface area contributed by atoms with E-state index in [1.54, 1.807) is 0 Å². The van der Waals surface area contributed by atoms with Crippen molar-refractivity contribution in [2.75, 3.05) is 11.4 Å². The van der Waals surface area contributed by atoms with Crippen LogP contribution in [0.5, 0.6) is 0 Å². The summed E-state index contributed by atoms with van der Waals surface area (Å²) >= 11 is 0. The predicted molar refractivity (Wildman–Crippen MR) is 72.4 cm³/mol. The van der Waals surface area contributed by atoms with E-state index in [2.05, 4.69) is 43.0 Å². The number of hydrogen-bond donors (Lipinski definition) is 1. The number of anilines is 1. The van der Waals surface area contributed by atoms with Crippen LogP contribution < -0.4 is 4.90 Å². The highest BCUT2D eigenvalue weighted by atomic mass is 16.3. The molecule has 0 amide bonds. The average Bonchev–Trinajstić information content (AvgIpc) is 2.68. The van der Waals surface area contributed by atoms with Gasteiger partial charge in [0.25, 0.3) is 0 Å². The van der Waals surface area contributed by atoms with E-state index in [-0.39, 0.29) is 11.6 Å². The molecule has 0 radical (unpaired) electrons. The quantitative estimate of drug-likeness (QED) is 0.863. The Bertz CT molecular complexity index is 369. The molecular formula is C15H23NO. The Hall–Kier alpha value is -1.02. The lowest BCUT2D eigenvalue weighted by Crippen LogP contribution is -2.38. The average molecular weight is 233 g/mol. The Kier molecular flexibility index (Phi) is 3.43. The summed E-state index contributed by atoms with van der Waals surface area (Å²) in [6, 6.07) is 8.39. The second-order valence-corrected chi connectivity index (χ2v) is 5.58. The molecule has 1 saturated heterocycles. The summed E-state index contributed by atoms with van der Waals surface area (Å²) in [6.07, 6.45) is 2.98. The molecule has 1 aromatic carbocycles. The van der Waals surface area contributed by atoms with Crippen LogP contribution in [0.2, 0.25) is 0 Å². The Morgan fingerprint density at radius 1 is 1.29 bits per heavy atom. The van der Waals surface area contributed by atoms with Crippen LogP contribution in [0, 0.1) is 0 Å². The fourth-order valence-electron chi connectivity index (χ4n) is 2.70. The van der Waals surface area contributed by atoms with E-state index in [0.717, 1.165) is 18.5 Å². The van der Waals surface area contributed by atoms with Gasteiger partial charge in [0.1, 0.15) is 0 Å². The van der Waals surface area contributed by atoms with E-state index in [0.29, 0.717) is 0 Å². The first-order valence-corrected chi connectivity index (χ1v) is 6.60. The molecule has 0 bridgehead atoms. The van der Waals surface area contributed by atoms with Gasteiger partial charge >= 0.3 is 0 Å². The summed E-state index contributed by atoms with van der Waals surface area (Å²) in [5.41, 5.74) is 2.57. The van der Waals surface area contributed by atoms with Crippen LogP contribution in [-0.4, -0.2) is 17.2 Å². The van der Waals surface area contributed by atoms with Crippen LogP contribution in [0.1, 0.15) is 51.7 Å². The van der Waals surface area contributed by atoms with Gasteiger partial charge < -0.3 is 10.0 Å². The normalized spacial score (nSPS) is 20.6. The molecular weight excluding hydrogens is 210 g/mol. The third kappa shape index (κ3) is 2.47. The van der Waals surface area contributed by atoms with Gasteiger partial charge in [-0.25, -0.2) is 0 Å². The Balaban J connectivity index is 2.18. The molecule has 2 rings (SSSR count). The molecule has 0 saturated carbocycles. The molecule has 1 aliphatic heterocycles. The number of hydrogen-bond acceptors (Lipinski definition) is 2. The summed E-state index contributed by atoms with van der Waals surface area (Å²) in [6.45, 7) is 7.74. The highest BCUT2D eigenvalue weighted by Gasteiger charge is 2.31. The van der Waals surface area contributed by atoms with Gasteiger partial charge in [-0.05, 0) is 50.8 Å². The van der Waals surface area contributed by atoms with Crippen molar-refractivity contribution in [2.45, 2.75) is 51.7 Å². The van der Waals surface area contributed by atoms with Crippen molar-refractivity contribution >= 4 is 5.69 Å². The Labute approximate surface area is 104 Å². The second-order valence-electron chi connectivity index (χ2n) is 5.58. The molecule has 17 heavy (non-hydrogen) atoms. The second kappa shape index (κ2) is 4.69. The van der Waals surface area contributed by atoms with Gasteiger partial charge in [0.05, 0.1) is 6.10 Å². The molecule has 1 aromatic rings. The van der Waals surface area contributed by atoms with Crippen LogP contribution in [0.4, 0.5) is 5.69 Å².